The fourth-order valence-electron chi connectivity index (χ4n) is 3.17. The van der Waals surface area contributed by atoms with Crippen LogP contribution in [-0.2, 0) is 6.42 Å². The minimum absolute atomic E-state index is 0.208. The molecule has 0 fully saturated rings. The number of carbonyl (C=O) groups is 2. The summed E-state index contributed by atoms with van der Waals surface area (Å²) in [6.45, 7) is 1.92. The summed E-state index contributed by atoms with van der Waals surface area (Å²) in [6, 6.07) is 18.1. The Hall–Kier alpha value is -3.71. The third kappa shape index (κ3) is 3.88. The van der Waals surface area contributed by atoms with Crippen molar-refractivity contribution in [2.24, 2.45) is 0 Å². The standard InChI is InChI=1S/C22H18ClN5O2/c1-2-20-17(13-24-28(20)16-8-5-7-15(23)12-16)21(29)26-27-22(30)19-11-10-14-6-3-4-9-18(14)25-19/h3-13H,2H2,1H3,(H,26,29)(H,27,30). The average molecular weight is 420 g/mol. The van der Waals surface area contributed by atoms with Crippen LogP contribution in [0.25, 0.3) is 16.6 Å². The van der Waals surface area contributed by atoms with E-state index in [1.54, 1.807) is 22.9 Å². The van der Waals surface area contributed by atoms with Crippen molar-refractivity contribution in [2.45, 2.75) is 13.3 Å². The summed E-state index contributed by atoms with van der Waals surface area (Å²) in [5.41, 5.74) is 7.58. The van der Waals surface area contributed by atoms with E-state index in [1.165, 1.54) is 6.20 Å². The summed E-state index contributed by atoms with van der Waals surface area (Å²) in [5.74, 6) is -0.969. The summed E-state index contributed by atoms with van der Waals surface area (Å²) >= 11 is 6.06. The molecule has 4 aromatic rings. The highest BCUT2D eigenvalue weighted by Gasteiger charge is 2.18. The van der Waals surface area contributed by atoms with Crippen LogP contribution in [0.1, 0.15) is 33.5 Å². The molecule has 0 aliphatic carbocycles. The molecule has 0 spiro atoms. The number of carbonyl (C=O) groups excluding carboxylic acids is 2. The lowest BCUT2D eigenvalue weighted by atomic mass is 10.2. The van der Waals surface area contributed by atoms with Crippen LogP contribution in [0.15, 0.2) is 66.9 Å². The van der Waals surface area contributed by atoms with Crippen LogP contribution >= 0.6 is 11.6 Å². The quantitative estimate of drug-likeness (QED) is 0.493. The van der Waals surface area contributed by atoms with Gasteiger partial charge in [-0.3, -0.25) is 20.4 Å². The lowest BCUT2D eigenvalue weighted by Gasteiger charge is -2.10. The SMILES string of the molecule is CCc1c(C(=O)NNC(=O)c2ccc3ccccc3n2)cnn1-c1cccc(Cl)c1. The highest BCUT2D eigenvalue weighted by Crippen LogP contribution is 2.19. The number of pyridine rings is 1. The van der Waals surface area contributed by atoms with Crippen LogP contribution in [0.3, 0.4) is 0 Å². The van der Waals surface area contributed by atoms with Gasteiger partial charge in [0.25, 0.3) is 11.8 Å². The van der Waals surface area contributed by atoms with Crippen LogP contribution in [0.5, 0.6) is 0 Å². The van der Waals surface area contributed by atoms with Crippen LogP contribution in [0, 0.1) is 0 Å². The second-order valence-corrected chi connectivity index (χ2v) is 6.98. The summed E-state index contributed by atoms with van der Waals surface area (Å²) in [5, 5.41) is 5.82. The zero-order valence-corrected chi connectivity index (χ0v) is 16.8. The Morgan fingerprint density at radius 1 is 1.00 bits per heavy atom. The Bertz CT molecular complexity index is 1250. The molecule has 8 heteroatoms. The molecule has 0 atom stereocenters. The van der Waals surface area contributed by atoms with Gasteiger partial charge in [-0.25, -0.2) is 9.67 Å². The number of aromatic nitrogens is 3. The van der Waals surface area contributed by atoms with Crippen molar-refractivity contribution in [3.05, 3.63) is 88.8 Å². The molecule has 0 saturated carbocycles. The number of nitrogens with zero attached hydrogens (tertiary/aromatic N) is 3. The largest absolute Gasteiger partial charge is 0.288 e. The third-order valence-electron chi connectivity index (χ3n) is 4.62. The predicted molar refractivity (Wildman–Crippen MR) is 115 cm³/mol. The Kier molecular flexibility index (Phi) is 5.45. The van der Waals surface area contributed by atoms with Crippen molar-refractivity contribution in [3.8, 4) is 5.69 Å². The maximum Gasteiger partial charge on any atom is 0.288 e. The van der Waals surface area contributed by atoms with E-state index in [0.29, 0.717) is 28.2 Å². The highest BCUT2D eigenvalue weighted by atomic mass is 35.5. The lowest BCUT2D eigenvalue weighted by molar-refractivity contribution is 0.0843. The maximum absolute atomic E-state index is 12.7. The first-order valence-electron chi connectivity index (χ1n) is 9.36. The minimum Gasteiger partial charge on any atom is -0.267 e. The number of halogens is 1. The van der Waals surface area contributed by atoms with Gasteiger partial charge in [-0.2, -0.15) is 5.10 Å². The molecule has 30 heavy (non-hydrogen) atoms. The molecule has 2 heterocycles. The molecular weight excluding hydrogens is 402 g/mol. The fraction of sp³-hybridized carbons (Fsp3) is 0.0909. The molecule has 4 rings (SSSR count). The van der Waals surface area contributed by atoms with Crippen LogP contribution in [0.4, 0.5) is 0 Å². The molecular formula is C22H18ClN5O2. The zero-order valence-electron chi connectivity index (χ0n) is 16.1. The molecule has 0 unspecified atom stereocenters. The number of amides is 2. The molecule has 0 radical (unpaired) electrons. The molecule has 2 aromatic carbocycles. The van der Waals surface area contributed by atoms with Crippen molar-refractivity contribution in [1.82, 2.24) is 25.6 Å². The van der Waals surface area contributed by atoms with Gasteiger partial charge in [-0.05, 0) is 36.8 Å². The zero-order chi connectivity index (χ0) is 21.1. The van der Waals surface area contributed by atoms with E-state index < -0.39 is 11.8 Å². The van der Waals surface area contributed by atoms with E-state index >= 15 is 0 Å². The van der Waals surface area contributed by atoms with Gasteiger partial charge in [-0.1, -0.05) is 48.9 Å². The molecule has 0 aliphatic heterocycles. The van der Waals surface area contributed by atoms with Gasteiger partial charge in [0.15, 0.2) is 0 Å². The molecule has 2 N–H and O–H groups in total. The highest BCUT2D eigenvalue weighted by molar-refractivity contribution is 6.30. The summed E-state index contributed by atoms with van der Waals surface area (Å²) in [7, 11) is 0. The normalized spacial score (nSPS) is 10.7. The lowest BCUT2D eigenvalue weighted by Crippen LogP contribution is -2.42. The molecule has 2 amide bonds. The molecule has 150 valence electrons. The number of hydrogen-bond acceptors (Lipinski definition) is 4. The molecule has 0 bridgehead atoms. The van der Waals surface area contributed by atoms with Crippen molar-refractivity contribution in [3.63, 3.8) is 0 Å². The smallest absolute Gasteiger partial charge is 0.267 e. The molecule has 0 aliphatic rings. The molecule has 0 saturated heterocycles. The topological polar surface area (TPSA) is 88.9 Å². The van der Waals surface area contributed by atoms with Gasteiger partial charge in [-0.15, -0.1) is 0 Å². The monoisotopic (exact) mass is 419 g/mol. The van der Waals surface area contributed by atoms with Gasteiger partial charge in [0.05, 0.1) is 28.7 Å². The van der Waals surface area contributed by atoms with Crippen molar-refractivity contribution in [1.29, 1.82) is 0 Å². The van der Waals surface area contributed by atoms with Gasteiger partial charge < -0.3 is 0 Å². The van der Waals surface area contributed by atoms with Crippen molar-refractivity contribution in [2.75, 3.05) is 0 Å². The van der Waals surface area contributed by atoms with Gasteiger partial charge in [0, 0.05) is 10.4 Å². The Balaban J connectivity index is 1.50. The number of hydrogen-bond donors (Lipinski definition) is 2. The third-order valence-corrected chi connectivity index (χ3v) is 4.86. The Morgan fingerprint density at radius 3 is 2.60 bits per heavy atom. The Labute approximate surface area is 177 Å². The number of hydrazine groups is 1. The van der Waals surface area contributed by atoms with Crippen LogP contribution in [0.2, 0.25) is 5.02 Å². The average Bonchev–Trinajstić information content (AvgIpc) is 3.21. The minimum atomic E-state index is -0.505. The van der Waals surface area contributed by atoms with Gasteiger partial charge in [0.1, 0.15) is 5.69 Å². The van der Waals surface area contributed by atoms with E-state index in [9.17, 15) is 9.59 Å². The molecule has 7 nitrogen and oxygen atoms in total. The van der Waals surface area contributed by atoms with Gasteiger partial charge in [0.2, 0.25) is 0 Å². The molecule has 2 aromatic heterocycles. The number of para-hydroxylation sites is 1. The number of fused-ring (bicyclic) bond motifs is 1. The van der Waals surface area contributed by atoms with E-state index in [4.69, 9.17) is 11.6 Å². The number of rotatable bonds is 4. The van der Waals surface area contributed by atoms with Crippen LogP contribution in [-0.4, -0.2) is 26.6 Å². The first-order valence-corrected chi connectivity index (χ1v) is 9.74. The summed E-state index contributed by atoms with van der Waals surface area (Å²) in [6.07, 6.45) is 2.03. The van der Waals surface area contributed by atoms with Gasteiger partial charge >= 0.3 is 0 Å². The van der Waals surface area contributed by atoms with Crippen molar-refractivity contribution >= 4 is 34.3 Å². The van der Waals surface area contributed by atoms with E-state index in [2.05, 4.69) is 20.9 Å². The van der Waals surface area contributed by atoms with E-state index in [-0.39, 0.29) is 5.69 Å². The number of benzene rings is 2. The Morgan fingerprint density at radius 2 is 1.80 bits per heavy atom. The first-order chi connectivity index (χ1) is 14.6. The summed E-state index contributed by atoms with van der Waals surface area (Å²) in [4.78, 5) is 29.4. The van der Waals surface area contributed by atoms with Crippen molar-refractivity contribution < 1.29 is 9.59 Å². The fourth-order valence-corrected chi connectivity index (χ4v) is 3.36. The first kappa shape index (κ1) is 19.6. The second-order valence-electron chi connectivity index (χ2n) is 6.55. The second kappa shape index (κ2) is 8.34. The predicted octanol–water partition coefficient (Wildman–Crippen LogP) is 3.71. The summed E-state index contributed by atoms with van der Waals surface area (Å²) < 4.78 is 1.66. The maximum atomic E-state index is 12.7. The van der Waals surface area contributed by atoms with E-state index in [1.807, 2.05) is 49.4 Å². The number of nitrogens with one attached hydrogen (secondary N) is 2. The van der Waals surface area contributed by atoms with Crippen LogP contribution < -0.4 is 10.9 Å². The van der Waals surface area contributed by atoms with E-state index in [0.717, 1.165) is 11.1 Å².